The van der Waals surface area contributed by atoms with Crippen LogP contribution >= 0.6 is 0 Å². The minimum atomic E-state index is -4.34. The lowest BCUT2D eigenvalue weighted by atomic mass is 10.2. The lowest BCUT2D eigenvalue weighted by Gasteiger charge is -2.06. The molecule has 0 spiro atoms. The number of aromatic nitrogens is 3. The van der Waals surface area contributed by atoms with Crippen molar-refractivity contribution in [3.8, 4) is 5.69 Å². The number of rotatable bonds is 1. The van der Waals surface area contributed by atoms with Crippen molar-refractivity contribution in [1.82, 2.24) is 15.0 Å². The summed E-state index contributed by atoms with van der Waals surface area (Å²) in [5.41, 5.74) is -0.369. The lowest BCUT2D eigenvalue weighted by Crippen LogP contribution is -2.05. The number of nitrogens with zero attached hydrogens (tertiary/aromatic N) is 3. The van der Waals surface area contributed by atoms with Gasteiger partial charge in [-0.15, -0.1) is 0 Å². The number of hydrogen-bond donors (Lipinski definition) is 0. The first kappa shape index (κ1) is 9.70. The van der Waals surface area contributed by atoms with Crippen molar-refractivity contribution in [2.45, 2.75) is 6.18 Å². The van der Waals surface area contributed by atoms with Gasteiger partial charge in [0, 0.05) is 6.07 Å². The van der Waals surface area contributed by atoms with Gasteiger partial charge in [0.15, 0.2) is 0 Å². The normalized spacial score (nSPS) is 11.7. The third-order valence-electron chi connectivity index (χ3n) is 1.76. The molecular formula is C9H5F3N3. The van der Waals surface area contributed by atoms with Crippen molar-refractivity contribution in [1.29, 1.82) is 0 Å². The maximum atomic E-state index is 12.2. The zero-order valence-electron chi connectivity index (χ0n) is 7.36. The molecule has 0 saturated heterocycles. The second kappa shape index (κ2) is 3.38. The van der Waals surface area contributed by atoms with Gasteiger partial charge in [-0.25, -0.2) is 0 Å². The molecule has 1 aromatic heterocycles. The Morgan fingerprint density at radius 1 is 1.13 bits per heavy atom. The highest BCUT2D eigenvalue weighted by atomic mass is 19.4. The summed E-state index contributed by atoms with van der Waals surface area (Å²) in [6, 6.07) is 5.57. The van der Waals surface area contributed by atoms with Crippen LogP contribution in [-0.2, 0) is 6.18 Å². The predicted molar refractivity (Wildman–Crippen MR) is 45.2 cm³/mol. The molecule has 0 aliphatic heterocycles. The fourth-order valence-electron chi connectivity index (χ4n) is 1.06. The average molecular weight is 212 g/mol. The molecule has 0 bridgehead atoms. The van der Waals surface area contributed by atoms with Gasteiger partial charge >= 0.3 is 6.18 Å². The van der Waals surface area contributed by atoms with E-state index in [2.05, 4.69) is 16.3 Å². The highest BCUT2D eigenvalue weighted by molar-refractivity contribution is 5.32. The van der Waals surface area contributed by atoms with Crippen molar-refractivity contribution in [2.24, 2.45) is 0 Å². The number of halogens is 3. The van der Waals surface area contributed by atoms with Gasteiger partial charge in [0.2, 0.25) is 0 Å². The number of alkyl halides is 3. The van der Waals surface area contributed by atoms with Gasteiger partial charge < -0.3 is 0 Å². The summed E-state index contributed by atoms with van der Waals surface area (Å²) in [5, 5.41) is 7.54. The molecular weight excluding hydrogens is 207 g/mol. The van der Waals surface area contributed by atoms with E-state index in [0.29, 0.717) is 5.69 Å². The van der Waals surface area contributed by atoms with Crippen LogP contribution in [0.4, 0.5) is 13.2 Å². The van der Waals surface area contributed by atoms with Crippen LogP contribution < -0.4 is 0 Å². The number of hydrogen-bond acceptors (Lipinski definition) is 2. The molecule has 1 aromatic carbocycles. The van der Waals surface area contributed by atoms with E-state index < -0.39 is 11.7 Å². The Morgan fingerprint density at radius 3 is 2.27 bits per heavy atom. The van der Waals surface area contributed by atoms with Gasteiger partial charge in [0.25, 0.3) is 0 Å². The largest absolute Gasteiger partial charge is 0.416 e. The molecule has 0 fully saturated rings. The minimum Gasteiger partial charge on any atom is -0.166 e. The Labute approximate surface area is 83.1 Å². The van der Waals surface area contributed by atoms with Crippen molar-refractivity contribution in [2.75, 3.05) is 0 Å². The molecule has 2 aromatic rings. The summed E-state index contributed by atoms with van der Waals surface area (Å²) in [5.74, 6) is 0. The summed E-state index contributed by atoms with van der Waals surface area (Å²) in [6.07, 6.45) is -1.47. The van der Waals surface area contributed by atoms with Gasteiger partial charge in [0.1, 0.15) is 0 Å². The second-order valence-electron chi connectivity index (χ2n) is 2.78. The minimum absolute atomic E-state index is 0.369. The molecule has 0 aliphatic carbocycles. The Balaban J connectivity index is 2.33. The molecule has 0 unspecified atom stereocenters. The van der Waals surface area contributed by atoms with E-state index in [1.165, 1.54) is 23.3 Å². The van der Waals surface area contributed by atoms with E-state index in [9.17, 15) is 13.2 Å². The monoisotopic (exact) mass is 212 g/mol. The maximum Gasteiger partial charge on any atom is 0.416 e. The van der Waals surface area contributed by atoms with Crippen molar-refractivity contribution < 1.29 is 13.2 Å². The molecule has 0 aliphatic rings. The van der Waals surface area contributed by atoms with Crippen LogP contribution in [0.25, 0.3) is 5.69 Å². The molecule has 0 amide bonds. The van der Waals surface area contributed by atoms with Crippen LogP contribution in [0.15, 0.2) is 30.6 Å². The summed E-state index contributed by atoms with van der Waals surface area (Å²) < 4.78 is 36.6. The summed E-state index contributed by atoms with van der Waals surface area (Å²) in [7, 11) is 0. The smallest absolute Gasteiger partial charge is 0.166 e. The first-order valence-electron chi connectivity index (χ1n) is 4.03. The molecule has 1 heterocycles. The highest BCUT2D eigenvalue weighted by Gasteiger charge is 2.30. The van der Waals surface area contributed by atoms with Gasteiger partial charge in [-0.2, -0.15) is 28.2 Å². The number of benzene rings is 1. The lowest BCUT2D eigenvalue weighted by molar-refractivity contribution is -0.137. The molecule has 1 radical (unpaired) electrons. The molecule has 15 heavy (non-hydrogen) atoms. The Bertz CT molecular complexity index is 431. The molecule has 77 valence electrons. The molecule has 6 heteroatoms. The SMILES string of the molecule is FC(F)(F)c1c[c]c(-n2nccn2)cc1. The second-order valence-corrected chi connectivity index (χ2v) is 2.78. The third-order valence-corrected chi connectivity index (χ3v) is 1.76. The topological polar surface area (TPSA) is 30.7 Å². The van der Waals surface area contributed by atoms with Crippen molar-refractivity contribution in [3.05, 3.63) is 42.2 Å². The van der Waals surface area contributed by atoms with Gasteiger partial charge in [-0.05, 0) is 18.2 Å². The van der Waals surface area contributed by atoms with Gasteiger partial charge in [-0.1, -0.05) is 0 Å². The maximum absolute atomic E-state index is 12.2. The van der Waals surface area contributed by atoms with Crippen LogP contribution in [0.2, 0.25) is 0 Å². The van der Waals surface area contributed by atoms with Crippen molar-refractivity contribution in [3.63, 3.8) is 0 Å². The van der Waals surface area contributed by atoms with E-state index in [1.807, 2.05) is 0 Å². The zero-order chi connectivity index (χ0) is 10.9. The van der Waals surface area contributed by atoms with E-state index in [1.54, 1.807) is 0 Å². The molecule has 0 saturated carbocycles. The van der Waals surface area contributed by atoms with Gasteiger partial charge in [-0.3, -0.25) is 0 Å². The third kappa shape index (κ3) is 1.98. The predicted octanol–water partition coefficient (Wildman–Crippen LogP) is 2.09. The highest BCUT2D eigenvalue weighted by Crippen LogP contribution is 2.29. The van der Waals surface area contributed by atoms with E-state index in [-0.39, 0.29) is 0 Å². The Hall–Kier alpha value is -1.85. The average Bonchev–Trinajstić information content (AvgIpc) is 2.69. The van der Waals surface area contributed by atoms with E-state index in [4.69, 9.17) is 0 Å². The van der Waals surface area contributed by atoms with Crippen molar-refractivity contribution >= 4 is 0 Å². The molecule has 2 rings (SSSR count). The first-order chi connectivity index (χ1) is 7.07. The Morgan fingerprint density at radius 2 is 1.80 bits per heavy atom. The van der Waals surface area contributed by atoms with Crippen LogP contribution in [0, 0.1) is 6.07 Å². The van der Waals surface area contributed by atoms with Crippen LogP contribution in [-0.4, -0.2) is 15.0 Å². The van der Waals surface area contributed by atoms with Crippen LogP contribution in [0.1, 0.15) is 5.56 Å². The van der Waals surface area contributed by atoms with Crippen LogP contribution in [0.3, 0.4) is 0 Å². The van der Waals surface area contributed by atoms with Gasteiger partial charge in [0.05, 0.1) is 23.6 Å². The van der Waals surface area contributed by atoms with E-state index in [0.717, 1.165) is 12.1 Å². The molecule has 3 nitrogen and oxygen atoms in total. The summed E-state index contributed by atoms with van der Waals surface area (Å²) in [4.78, 5) is 1.19. The van der Waals surface area contributed by atoms with E-state index >= 15 is 0 Å². The first-order valence-corrected chi connectivity index (χ1v) is 4.03. The standard InChI is InChI=1S/C9H5F3N3/c10-9(11,12)7-1-3-8(4-2-7)15-13-5-6-14-15/h1-3,5-6H. The quantitative estimate of drug-likeness (QED) is 0.724. The molecule has 0 atom stereocenters. The summed E-state index contributed by atoms with van der Waals surface area (Å²) >= 11 is 0. The fraction of sp³-hybridized carbons (Fsp3) is 0.111. The molecule has 0 N–H and O–H groups in total. The van der Waals surface area contributed by atoms with Crippen LogP contribution in [0.5, 0.6) is 0 Å². The Kier molecular flexibility index (Phi) is 2.18. The summed E-state index contributed by atoms with van der Waals surface area (Å²) in [6.45, 7) is 0. The fourth-order valence-corrected chi connectivity index (χ4v) is 1.06. The zero-order valence-corrected chi connectivity index (χ0v) is 7.36.